The van der Waals surface area contributed by atoms with Crippen molar-refractivity contribution in [1.82, 2.24) is 10.6 Å². The van der Waals surface area contributed by atoms with Crippen LogP contribution < -0.4 is 15.4 Å². The molecule has 0 heterocycles. The highest BCUT2D eigenvalue weighted by Gasteiger charge is 2.24. The molecular weight excluding hydrogens is 408 g/mol. The van der Waals surface area contributed by atoms with Crippen molar-refractivity contribution in [3.63, 3.8) is 0 Å². The van der Waals surface area contributed by atoms with E-state index in [-0.39, 0.29) is 38.5 Å². The molecule has 3 N–H and O–H groups in total. The SMILES string of the molecule is CC(=O)CC(=O)NCCNC(=O)CC(=O)OCCOc1ccc(C(=O)C(C)(C)O)cc1. The molecule has 0 aliphatic carbocycles. The van der Waals surface area contributed by atoms with E-state index in [2.05, 4.69) is 10.6 Å². The number of rotatable bonds is 13. The fourth-order valence-corrected chi connectivity index (χ4v) is 2.31. The highest BCUT2D eigenvalue weighted by molar-refractivity contribution is 6.01. The van der Waals surface area contributed by atoms with E-state index in [9.17, 15) is 29.1 Å². The Bertz CT molecular complexity index is 797. The molecule has 0 aliphatic heterocycles. The topological polar surface area (TPSA) is 148 Å². The van der Waals surface area contributed by atoms with Crippen molar-refractivity contribution in [3.05, 3.63) is 29.8 Å². The molecule has 0 saturated heterocycles. The number of amides is 2. The van der Waals surface area contributed by atoms with Gasteiger partial charge in [-0.25, -0.2) is 0 Å². The summed E-state index contributed by atoms with van der Waals surface area (Å²) in [6.07, 6.45) is -0.694. The molecule has 170 valence electrons. The van der Waals surface area contributed by atoms with Crippen molar-refractivity contribution in [2.24, 2.45) is 0 Å². The Kier molecular flexibility index (Phi) is 10.3. The zero-order chi connectivity index (χ0) is 23.4. The molecule has 0 saturated carbocycles. The van der Waals surface area contributed by atoms with Crippen LogP contribution in [0.1, 0.15) is 44.0 Å². The van der Waals surface area contributed by atoms with Crippen molar-refractivity contribution in [3.8, 4) is 5.75 Å². The van der Waals surface area contributed by atoms with Gasteiger partial charge in [-0.05, 0) is 45.0 Å². The lowest BCUT2D eigenvalue weighted by Crippen LogP contribution is -2.36. The van der Waals surface area contributed by atoms with Gasteiger partial charge in [-0.15, -0.1) is 0 Å². The molecule has 10 heteroatoms. The monoisotopic (exact) mass is 436 g/mol. The van der Waals surface area contributed by atoms with Crippen LogP contribution in [0.2, 0.25) is 0 Å². The number of Topliss-reactive ketones (excluding diaryl/α,β-unsaturated/α-hetero) is 2. The fraction of sp³-hybridized carbons (Fsp3) is 0.476. The number of carbonyl (C=O) groups excluding carboxylic acids is 5. The molecule has 0 unspecified atom stereocenters. The minimum Gasteiger partial charge on any atom is -0.490 e. The predicted octanol–water partition coefficient (Wildman–Crippen LogP) is 0.164. The first-order valence-corrected chi connectivity index (χ1v) is 9.67. The Labute approximate surface area is 180 Å². The summed E-state index contributed by atoms with van der Waals surface area (Å²) in [6.45, 7) is 4.35. The normalized spacial score (nSPS) is 10.7. The quantitative estimate of drug-likeness (QED) is 0.171. The summed E-state index contributed by atoms with van der Waals surface area (Å²) in [5, 5.41) is 14.6. The third-order valence-electron chi connectivity index (χ3n) is 3.77. The molecule has 0 fully saturated rings. The predicted molar refractivity (Wildman–Crippen MR) is 109 cm³/mol. The zero-order valence-electron chi connectivity index (χ0n) is 17.9. The van der Waals surface area contributed by atoms with E-state index in [4.69, 9.17) is 9.47 Å². The van der Waals surface area contributed by atoms with E-state index < -0.39 is 35.6 Å². The highest BCUT2D eigenvalue weighted by Crippen LogP contribution is 2.17. The number of hydrogen-bond donors (Lipinski definition) is 3. The molecule has 31 heavy (non-hydrogen) atoms. The van der Waals surface area contributed by atoms with E-state index in [0.717, 1.165) is 0 Å². The Morgan fingerprint density at radius 3 is 1.97 bits per heavy atom. The Hall–Kier alpha value is -3.27. The summed E-state index contributed by atoms with van der Waals surface area (Å²) < 4.78 is 10.3. The summed E-state index contributed by atoms with van der Waals surface area (Å²) in [7, 11) is 0. The lowest BCUT2D eigenvalue weighted by Gasteiger charge is -2.15. The summed E-state index contributed by atoms with van der Waals surface area (Å²) in [6, 6.07) is 6.16. The molecule has 1 aromatic rings. The number of esters is 1. The first-order valence-electron chi connectivity index (χ1n) is 9.67. The summed E-state index contributed by atoms with van der Waals surface area (Å²) in [5.74, 6) is -1.94. The van der Waals surface area contributed by atoms with Crippen molar-refractivity contribution < 1.29 is 38.6 Å². The van der Waals surface area contributed by atoms with Gasteiger partial charge in [0.15, 0.2) is 5.78 Å². The highest BCUT2D eigenvalue weighted by atomic mass is 16.6. The molecule has 0 radical (unpaired) electrons. The summed E-state index contributed by atoms with van der Waals surface area (Å²) >= 11 is 0. The van der Waals surface area contributed by atoms with Gasteiger partial charge >= 0.3 is 5.97 Å². The number of nitrogens with one attached hydrogen (secondary N) is 2. The second-order valence-electron chi connectivity index (χ2n) is 7.24. The first-order chi connectivity index (χ1) is 14.5. The van der Waals surface area contributed by atoms with Crippen molar-refractivity contribution >= 4 is 29.4 Å². The van der Waals surface area contributed by atoms with Crippen LogP contribution in [0.3, 0.4) is 0 Å². The number of carbonyl (C=O) groups is 5. The average Bonchev–Trinajstić information content (AvgIpc) is 2.67. The summed E-state index contributed by atoms with van der Waals surface area (Å²) in [4.78, 5) is 57.2. The van der Waals surface area contributed by atoms with Crippen LogP contribution in [0.4, 0.5) is 0 Å². The van der Waals surface area contributed by atoms with E-state index >= 15 is 0 Å². The van der Waals surface area contributed by atoms with Gasteiger partial charge in [0.05, 0.1) is 6.42 Å². The van der Waals surface area contributed by atoms with Gasteiger partial charge in [-0.3, -0.25) is 24.0 Å². The first kappa shape index (κ1) is 25.8. The van der Waals surface area contributed by atoms with Crippen LogP contribution in [0, 0.1) is 0 Å². The fourth-order valence-electron chi connectivity index (χ4n) is 2.31. The van der Waals surface area contributed by atoms with Crippen molar-refractivity contribution in [2.45, 2.75) is 39.2 Å². The van der Waals surface area contributed by atoms with Gasteiger partial charge in [0.25, 0.3) is 0 Å². The Morgan fingerprint density at radius 2 is 1.45 bits per heavy atom. The number of ether oxygens (including phenoxy) is 2. The van der Waals surface area contributed by atoms with Gasteiger partial charge in [0.1, 0.15) is 36.8 Å². The minimum absolute atomic E-state index is 0.0499. The second-order valence-corrected chi connectivity index (χ2v) is 7.24. The van der Waals surface area contributed by atoms with Crippen molar-refractivity contribution in [1.29, 1.82) is 0 Å². The average molecular weight is 436 g/mol. The molecule has 0 aliphatic rings. The molecule has 0 spiro atoms. The van der Waals surface area contributed by atoms with E-state index in [1.807, 2.05) is 0 Å². The molecule has 0 aromatic heterocycles. The molecule has 0 atom stereocenters. The molecular formula is C21H28N2O8. The maximum absolute atomic E-state index is 11.9. The molecule has 0 bridgehead atoms. The zero-order valence-corrected chi connectivity index (χ0v) is 17.9. The van der Waals surface area contributed by atoms with Crippen LogP contribution in [-0.4, -0.2) is 66.4 Å². The van der Waals surface area contributed by atoms with E-state index in [1.54, 1.807) is 12.1 Å². The number of ketones is 2. The number of benzene rings is 1. The maximum Gasteiger partial charge on any atom is 0.315 e. The van der Waals surface area contributed by atoms with Gasteiger partial charge in [0.2, 0.25) is 11.8 Å². The van der Waals surface area contributed by atoms with E-state index in [1.165, 1.54) is 32.9 Å². The maximum atomic E-state index is 11.9. The largest absolute Gasteiger partial charge is 0.490 e. The van der Waals surface area contributed by atoms with Gasteiger partial charge in [-0.2, -0.15) is 0 Å². The van der Waals surface area contributed by atoms with Gasteiger partial charge < -0.3 is 25.2 Å². The Morgan fingerprint density at radius 1 is 0.903 bits per heavy atom. The number of hydrogen-bond acceptors (Lipinski definition) is 8. The van der Waals surface area contributed by atoms with Crippen molar-refractivity contribution in [2.75, 3.05) is 26.3 Å². The van der Waals surface area contributed by atoms with Crippen LogP contribution in [-0.2, 0) is 23.9 Å². The van der Waals surface area contributed by atoms with E-state index in [0.29, 0.717) is 11.3 Å². The van der Waals surface area contributed by atoms with Crippen LogP contribution in [0.25, 0.3) is 0 Å². The lowest BCUT2D eigenvalue weighted by molar-refractivity contribution is -0.147. The van der Waals surface area contributed by atoms with Crippen LogP contribution >= 0.6 is 0 Å². The van der Waals surface area contributed by atoms with Crippen LogP contribution in [0.15, 0.2) is 24.3 Å². The second kappa shape index (κ2) is 12.4. The van der Waals surface area contributed by atoms with Gasteiger partial charge in [0, 0.05) is 18.7 Å². The minimum atomic E-state index is -1.47. The molecule has 1 aromatic carbocycles. The number of aliphatic hydroxyl groups is 1. The molecule has 10 nitrogen and oxygen atoms in total. The Balaban J connectivity index is 2.20. The third kappa shape index (κ3) is 10.9. The third-order valence-corrected chi connectivity index (χ3v) is 3.77. The van der Waals surface area contributed by atoms with Crippen LogP contribution in [0.5, 0.6) is 5.75 Å². The smallest absolute Gasteiger partial charge is 0.315 e. The van der Waals surface area contributed by atoms with Gasteiger partial charge in [-0.1, -0.05) is 0 Å². The summed E-state index contributed by atoms with van der Waals surface area (Å²) in [5.41, 5.74) is -1.12. The lowest BCUT2D eigenvalue weighted by atomic mass is 9.97. The molecule has 2 amide bonds. The standard InChI is InChI=1S/C21H28N2O8/c1-14(24)12-17(25)22-8-9-23-18(26)13-19(27)31-11-10-30-16-6-4-15(5-7-16)20(28)21(2,3)29/h4-7,29H,8-13H2,1-3H3,(H,22,25)(H,23,26). The molecule has 1 rings (SSSR count).